The highest BCUT2D eigenvalue weighted by molar-refractivity contribution is 7.99. The Balaban J connectivity index is 1.33. The van der Waals surface area contributed by atoms with Gasteiger partial charge in [-0.25, -0.2) is 9.99 Å². The predicted octanol–water partition coefficient (Wildman–Crippen LogP) is 2.20. The van der Waals surface area contributed by atoms with E-state index in [0.717, 1.165) is 50.1 Å². The van der Waals surface area contributed by atoms with Crippen molar-refractivity contribution in [2.24, 2.45) is 0 Å². The van der Waals surface area contributed by atoms with E-state index in [4.69, 9.17) is 0 Å². The van der Waals surface area contributed by atoms with Gasteiger partial charge in [0.05, 0.1) is 12.4 Å². The number of thiophene rings is 1. The predicted molar refractivity (Wildman–Crippen MR) is 113 cm³/mol. The third kappa shape index (κ3) is 2.91. The molecule has 0 aromatic carbocycles. The highest BCUT2D eigenvalue weighted by Crippen LogP contribution is 2.47. The summed E-state index contributed by atoms with van der Waals surface area (Å²) in [6.07, 6.45) is 8.45. The first kappa shape index (κ1) is 18.2. The summed E-state index contributed by atoms with van der Waals surface area (Å²) in [5.41, 5.74) is 6.30. The number of likely N-dealkylation sites (tertiary alicyclic amines) is 1. The second-order valence-corrected chi connectivity index (χ2v) is 10.1. The lowest BCUT2D eigenvalue weighted by molar-refractivity contribution is -0.129. The van der Waals surface area contributed by atoms with Crippen molar-refractivity contribution >= 4 is 35.0 Å². The number of nitrogens with one attached hydrogen (secondary N) is 2. The van der Waals surface area contributed by atoms with Crippen molar-refractivity contribution in [1.82, 2.24) is 30.4 Å². The molecule has 6 rings (SSSR count). The molecular formula is C19H25N7OS2. The molecule has 0 saturated carbocycles. The number of hydrogen-bond acceptors (Lipinski definition) is 8. The number of carbonyl (C=O) groups is 1. The second kappa shape index (κ2) is 7.26. The third-order valence-corrected chi connectivity index (χ3v) is 8.54. The molecule has 0 bridgehead atoms. The van der Waals surface area contributed by atoms with Crippen LogP contribution in [0.3, 0.4) is 0 Å². The van der Waals surface area contributed by atoms with Gasteiger partial charge in [-0.05, 0) is 50.5 Å². The first-order valence-electron chi connectivity index (χ1n) is 10.6. The van der Waals surface area contributed by atoms with Crippen LogP contribution in [-0.4, -0.2) is 51.1 Å². The number of fused-ring (bicyclic) bond motifs is 8. The van der Waals surface area contributed by atoms with Gasteiger partial charge >= 0.3 is 0 Å². The summed E-state index contributed by atoms with van der Waals surface area (Å²) in [4.78, 5) is 16.2. The van der Waals surface area contributed by atoms with Crippen molar-refractivity contribution in [3.05, 3.63) is 16.0 Å². The average Bonchev–Trinajstić information content (AvgIpc) is 3.48. The molecule has 1 unspecified atom stereocenters. The van der Waals surface area contributed by atoms with Crippen LogP contribution in [0.15, 0.2) is 5.16 Å². The van der Waals surface area contributed by atoms with Crippen molar-refractivity contribution in [1.29, 1.82) is 0 Å². The van der Waals surface area contributed by atoms with Crippen LogP contribution in [-0.2, 0) is 17.6 Å². The Morgan fingerprint density at radius 1 is 1.14 bits per heavy atom. The van der Waals surface area contributed by atoms with Crippen LogP contribution in [0.25, 0.3) is 5.00 Å². The molecule has 2 N–H and O–H groups in total. The molecule has 5 heterocycles. The van der Waals surface area contributed by atoms with Crippen LogP contribution in [0.2, 0.25) is 0 Å². The zero-order chi connectivity index (χ0) is 19.4. The maximum Gasteiger partial charge on any atom is 0.249 e. The van der Waals surface area contributed by atoms with Crippen LogP contribution in [0, 0.1) is 0 Å². The summed E-state index contributed by atoms with van der Waals surface area (Å²) in [7, 11) is 0. The number of aromatic nitrogens is 3. The Hall–Kier alpha value is -1.62. The molecule has 0 radical (unpaired) electrons. The fraction of sp³-hybridized carbons (Fsp3) is 0.632. The van der Waals surface area contributed by atoms with Gasteiger partial charge in [-0.2, -0.15) is 0 Å². The molecule has 3 aliphatic heterocycles. The number of amides is 1. The minimum Gasteiger partial charge on any atom is -0.342 e. The highest BCUT2D eigenvalue weighted by Gasteiger charge is 2.41. The molecule has 1 aliphatic carbocycles. The Morgan fingerprint density at radius 3 is 2.90 bits per heavy atom. The molecule has 2 fully saturated rings. The number of piperidine rings is 1. The van der Waals surface area contributed by atoms with Gasteiger partial charge in [-0.3, -0.25) is 15.1 Å². The molecule has 8 nitrogen and oxygen atoms in total. The molecule has 29 heavy (non-hydrogen) atoms. The Bertz CT molecular complexity index is 949. The number of hydrazine groups is 1. The maximum atomic E-state index is 12.7. The molecule has 2 aromatic rings. The molecule has 10 heteroatoms. The molecule has 1 amide bonds. The average molecular weight is 432 g/mol. The zero-order valence-electron chi connectivity index (χ0n) is 16.3. The summed E-state index contributed by atoms with van der Waals surface area (Å²) >= 11 is 3.41. The van der Waals surface area contributed by atoms with Crippen molar-refractivity contribution in [2.75, 3.05) is 30.5 Å². The molecule has 0 spiro atoms. The number of nitrogens with zero attached hydrogens (tertiary/aromatic N) is 5. The standard InChI is InChI=1S/C19H25N7OS2/c27-14(24-8-4-1-5-9-24)10-28-19-23-22-18-25(19)17-15(16-20-11-21-26(16)18)12-6-2-3-7-13(12)29-17/h16,20-21H,1-11H2. The van der Waals surface area contributed by atoms with Gasteiger partial charge < -0.3 is 4.90 Å². The number of anilines is 1. The summed E-state index contributed by atoms with van der Waals surface area (Å²) in [5.74, 6) is 1.46. The van der Waals surface area contributed by atoms with Crippen molar-refractivity contribution < 1.29 is 4.79 Å². The van der Waals surface area contributed by atoms with Gasteiger partial charge in [0, 0.05) is 23.5 Å². The lowest BCUT2D eigenvalue weighted by atomic mass is 9.94. The quantitative estimate of drug-likeness (QED) is 0.722. The summed E-state index contributed by atoms with van der Waals surface area (Å²) in [6.45, 7) is 2.51. The van der Waals surface area contributed by atoms with E-state index < -0.39 is 0 Å². The van der Waals surface area contributed by atoms with Gasteiger partial charge in [0.1, 0.15) is 11.2 Å². The number of rotatable bonds is 3. The number of thioether (sulfide) groups is 1. The van der Waals surface area contributed by atoms with Crippen LogP contribution >= 0.6 is 23.1 Å². The first-order chi connectivity index (χ1) is 14.3. The third-order valence-electron chi connectivity index (χ3n) is 6.34. The number of aryl methyl sites for hydroxylation is 1. The van der Waals surface area contributed by atoms with E-state index in [2.05, 4.69) is 30.5 Å². The lowest BCUT2D eigenvalue weighted by Crippen LogP contribution is -2.39. The van der Waals surface area contributed by atoms with E-state index in [0.29, 0.717) is 5.75 Å². The van der Waals surface area contributed by atoms with E-state index in [-0.39, 0.29) is 12.1 Å². The van der Waals surface area contributed by atoms with E-state index in [1.807, 2.05) is 16.2 Å². The van der Waals surface area contributed by atoms with Gasteiger partial charge in [0.25, 0.3) is 0 Å². The minimum atomic E-state index is 0.118. The SMILES string of the molecule is O=C(CSc1nnc2n1-c1sc3c(c1C1NCNN21)CCCC3)N1CCCCC1. The van der Waals surface area contributed by atoms with E-state index in [1.165, 1.54) is 58.5 Å². The number of carbonyl (C=O) groups excluding carboxylic acids is 1. The fourth-order valence-electron chi connectivity index (χ4n) is 4.90. The summed E-state index contributed by atoms with van der Waals surface area (Å²) in [6, 6.07) is 0. The van der Waals surface area contributed by atoms with Crippen molar-refractivity contribution in [2.45, 2.75) is 56.3 Å². The van der Waals surface area contributed by atoms with Crippen LogP contribution in [0.4, 0.5) is 5.95 Å². The Morgan fingerprint density at radius 2 is 2.00 bits per heavy atom. The fourth-order valence-corrected chi connectivity index (χ4v) is 7.21. The van der Waals surface area contributed by atoms with Crippen molar-refractivity contribution in [3.63, 3.8) is 0 Å². The molecule has 2 saturated heterocycles. The maximum absolute atomic E-state index is 12.7. The second-order valence-electron chi connectivity index (χ2n) is 8.09. The van der Waals surface area contributed by atoms with E-state index in [1.54, 1.807) is 0 Å². The minimum absolute atomic E-state index is 0.118. The summed E-state index contributed by atoms with van der Waals surface area (Å²) in [5, 5.41) is 16.7. The van der Waals surface area contributed by atoms with Crippen LogP contribution in [0.5, 0.6) is 0 Å². The van der Waals surface area contributed by atoms with E-state index >= 15 is 0 Å². The topological polar surface area (TPSA) is 78.3 Å². The van der Waals surface area contributed by atoms with E-state index in [9.17, 15) is 4.79 Å². The van der Waals surface area contributed by atoms with Crippen LogP contribution < -0.4 is 15.8 Å². The Kier molecular flexibility index (Phi) is 4.55. The molecule has 1 atom stereocenters. The smallest absolute Gasteiger partial charge is 0.249 e. The number of hydrogen-bond donors (Lipinski definition) is 2. The lowest BCUT2D eigenvalue weighted by Gasteiger charge is -2.31. The summed E-state index contributed by atoms with van der Waals surface area (Å²) < 4.78 is 2.17. The van der Waals surface area contributed by atoms with Gasteiger partial charge in [-0.1, -0.05) is 11.8 Å². The first-order valence-corrected chi connectivity index (χ1v) is 12.4. The van der Waals surface area contributed by atoms with Gasteiger partial charge in [-0.15, -0.1) is 21.5 Å². The highest BCUT2D eigenvalue weighted by atomic mass is 32.2. The molecule has 4 aliphatic rings. The molecule has 2 aromatic heterocycles. The van der Waals surface area contributed by atoms with Gasteiger partial charge in [0.2, 0.25) is 11.9 Å². The largest absolute Gasteiger partial charge is 0.342 e. The zero-order valence-corrected chi connectivity index (χ0v) is 17.9. The monoisotopic (exact) mass is 431 g/mol. The van der Waals surface area contributed by atoms with Crippen molar-refractivity contribution in [3.8, 4) is 5.00 Å². The Labute approximate surface area is 178 Å². The molecular weight excluding hydrogens is 406 g/mol. The molecule has 154 valence electrons. The van der Waals surface area contributed by atoms with Crippen LogP contribution in [0.1, 0.15) is 54.3 Å². The van der Waals surface area contributed by atoms with Gasteiger partial charge in [0.15, 0.2) is 5.16 Å². The normalized spacial score (nSPS) is 22.8.